The van der Waals surface area contributed by atoms with Crippen LogP contribution in [0.1, 0.15) is 26.2 Å². The lowest BCUT2D eigenvalue weighted by atomic mass is 9.75. The maximum atomic E-state index is 12.5. The summed E-state index contributed by atoms with van der Waals surface area (Å²) in [7, 11) is 0. The van der Waals surface area contributed by atoms with Gasteiger partial charge in [-0.1, -0.05) is 6.92 Å². The highest BCUT2D eigenvalue weighted by Crippen LogP contribution is 2.44. The first kappa shape index (κ1) is 14.9. The summed E-state index contributed by atoms with van der Waals surface area (Å²) in [5.74, 6) is 1.90. The molecule has 4 rings (SSSR count). The van der Waals surface area contributed by atoms with Gasteiger partial charge in [-0.15, -0.1) is 0 Å². The van der Waals surface area contributed by atoms with Crippen LogP contribution in [0.15, 0.2) is 18.6 Å². The molecule has 1 amide bonds. The van der Waals surface area contributed by atoms with Crippen LogP contribution < -0.4 is 10.2 Å². The third kappa shape index (κ3) is 2.49. The largest absolute Gasteiger partial charge is 0.355 e. The van der Waals surface area contributed by atoms with Crippen molar-refractivity contribution in [3.8, 4) is 0 Å². The van der Waals surface area contributed by atoms with E-state index in [4.69, 9.17) is 0 Å². The minimum atomic E-state index is 0.00293. The topological polar surface area (TPSA) is 61.4 Å². The lowest BCUT2D eigenvalue weighted by Crippen LogP contribution is -2.55. The number of amides is 1. The van der Waals surface area contributed by atoms with E-state index in [-0.39, 0.29) is 17.4 Å². The summed E-state index contributed by atoms with van der Waals surface area (Å²) in [6, 6.07) is 0. The third-order valence-corrected chi connectivity index (χ3v) is 5.88. The molecule has 124 valence electrons. The average molecular weight is 315 g/mol. The van der Waals surface area contributed by atoms with E-state index in [0.717, 1.165) is 57.8 Å². The van der Waals surface area contributed by atoms with Gasteiger partial charge in [-0.3, -0.25) is 9.78 Å². The molecule has 0 saturated carbocycles. The van der Waals surface area contributed by atoms with Gasteiger partial charge in [-0.2, -0.15) is 0 Å². The Hall–Kier alpha value is -1.69. The monoisotopic (exact) mass is 315 g/mol. The highest BCUT2D eigenvalue weighted by molar-refractivity contribution is 5.83. The number of hydrogen-bond acceptors (Lipinski definition) is 5. The number of piperidine rings is 1. The van der Waals surface area contributed by atoms with Crippen LogP contribution in [0.25, 0.3) is 0 Å². The molecule has 3 saturated heterocycles. The number of nitrogens with one attached hydrogen (secondary N) is 1. The van der Waals surface area contributed by atoms with E-state index in [1.165, 1.54) is 0 Å². The Labute approximate surface area is 137 Å². The van der Waals surface area contributed by atoms with Gasteiger partial charge < -0.3 is 15.1 Å². The van der Waals surface area contributed by atoms with Gasteiger partial charge in [0, 0.05) is 50.0 Å². The van der Waals surface area contributed by atoms with Gasteiger partial charge >= 0.3 is 0 Å². The van der Waals surface area contributed by atoms with Crippen molar-refractivity contribution in [3.05, 3.63) is 18.6 Å². The van der Waals surface area contributed by atoms with Crippen LogP contribution in [0.4, 0.5) is 5.82 Å². The Balaban J connectivity index is 1.47. The van der Waals surface area contributed by atoms with Crippen LogP contribution in [0.5, 0.6) is 0 Å². The summed E-state index contributed by atoms with van der Waals surface area (Å²) in [6.45, 7) is 7.22. The Morgan fingerprint density at radius 1 is 1.30 bits per heavy atom. The summed E-state index contributed by atoms with van der Waals surface area (Å²) in [5.41, 5.74) is 0.00293. The quantitative estimate of drug-likeness (QED) is 0.898. The van der Waals surface area contributed by atoms with Gasteiger partial charge in [0.25, 0.3) is 0 Å². The third-order valence-electron chi connectivity index (χ3n) is 5.88. The number of carbonyl (C=O) groups is 1. The van der Waals surface area contributed by atoms with Crippen LogP contribution in [-0.2, 0) is 4.79 Å². The fourth-order valence-electron chi connectivity index (χ4n) is 4.73. The fraction of sp³-hybridized carbons (Fsp3) is 0.706. The number of likely N-dealkylation sites (tertiary alicyclic amines) is 1. The minimum Gasteiger partial charge on any atom is -0.355 e. The first-order valence-electron chi connectivity index (χ1n) is 8.77. The SMILES string of the molecule is CCCN1C[C@H]2C(=O)NC3(CCN(c4cnccn4)CC3)[C@H]2C1. The van der Waals surface area contributed by atoms with Crippen molar-refractivity contribution in [2.24, 2.45) is 11.8 Å². The number of anilines is 1. The van der Waals surface area contributed by atoms with Gasteiger partial charge in [0.15, 0.2) is 0 Å². The Kier molecular flexibility index (Phi) is 3.71. The average Bonchev–Trinajstić information content (AvgIpc) is 3.10. The molecule has 1 N–H and O–H groups in total. The lowest BCUT2D eigenvalue weighted by Gasteiger charge is -2.43. The zero-order chi connectivity index (χ0) is 15.9. The molecule has 2 atom stereocenters. The van der Waals surface area contributed by atoms with E-state index in [1.54, 1.807) is 12.4 Å². The molecule has 3 aliphatic heterocycles. The van der Waals surface area contributed by atoms with Crippen LogP contribution in [0, 0.1) is 11.8 Å². The molecule has 6 heteroatoms. The van der Waals surface area contributed by atoms with Crippen molar-refractivity contribution in [1.29, 1.82) is 0 Å². The molecular formula is C17H25N5O. The maximum Gasteiger partial charge on any atom is 0.225 e. The van der Waals surface area contributed by atoms with E-state index < -0.39 is 0 Å². The van der Waals surface area contributed by atoms with Gasteiger partial charge in [0.05, 0.1) is 12.1 Å². The van der Waals surface area contributed by atoms with Crippen molar-refractivity contribution < 1.29 is 4.79 Å². The van der Waals surface area contributed by atoms with Gasteiger partial charge in [0.2, 0.25) is 5.91 Å². The maximum absolute atomic E-state index is 12.5. The molecule has 1 aromatic rings. The number of hydrogen-bond donors (Lipinski definition) is 1. The zero-order valence-corrected chi connectivity index (χ0v) is 13.7. The highest BCUT2D eigenvalue weighted by Gasteiger charge is 2.57. The lowest BCUT2D eigenvalue weighted by molar-refractivity contribution is -0.123. The van der Waals surface area contributed by atoms with E-state index in [0.29, 0.717) is 5.92 Å². The van der Waals surface area contributed by atoms with Gasteiger partial charge in [-0.25, -0.2) is 4.98 Å². The molecule has 1 spiro atoms. The molecule has 0 aromatic carbocycles. The molecule has 0 radical (unpaired) electrons. The first-order valence-corrected chi connectivity index (χ1v) is 8.77. The molecule has 4 heterocycles. The predicted molar refractivity (Wildman–Crippen MR) is 88.1 cm³/mol. The van der Waals surface area contributed by atoms with E-state index in [9.17, 15) is 4.79 Å². The minimum absolute atomic E-state index is 0.00293. The van der Waals surface area contributed by atoms with Crippen molar-refractivity contribution >= 4 is 11.7 Å². The molecular weight excluding hydrogens is 290 g/mol. The van der Waals surface area contributed by atoms with E-state index in [2.05, 4.69) is 32.0 Å². The molecule has 0 bridgehead atoms. The highest BCUT2D eigenvalue weighted by atomic mass is 16.2. The summed E-state index contributed by atoms with van der Waals surface area (Å²) in [5, 5.41) is 3.38. The van der Waals surface area contributed by atoms with Crippen molar-refractivity contribution in [3.63, 3.8) is 0 Å². The molecule has 0 unspecified atom stereocenters. The molecule has 3 aliphatic rings. The Morgan fingerprint density at radius 2 is 2.13 bits per heavy atom. The Morgan fingerprint density at radius 3 is 2.83 bits per heavy atom. The van der Waals surface area contributed by atoms with E-state index >= 15 is 0 Å². The number of rotatable bonds is 3. The summed E-state index contributed by atoms with van der Waals surface area (Å²) < 4.78 is 0. The predicted octanol–water partition coefficient (Wildman–Crippen LogP) is 0.903. The second kappa shape index (κ2) is 5.74. The van der Waals surface area contributed by atoms with Crippen LogP contribution in [0.2, 0.25) is 0 Å². The Bertz CT molecular complexity index is 570. The fourth-order valence-corrected chi connectivity index (χ4v) is 4.73. The standard InChI is InChI=1S/C17H25N5O/c1-2-7-21-11-13-14(12-21)17(20-16(13)23)3-8-22(9-4-17)15-10-18-5-6-19-15/h5-6,10,13-14H,2-4,7-9,11-12H2,1H3,(H,20,23)/t13-,14+/m1/s1. The summed E-state index contributed by atoms with van der Waals surface area (Å²) in [4.78, 5) is 25.8. The van der Waals surface area contributed by atoms with Crippen molar-refractivity contribution in [2.75, 3.05) is 37.6 Å². The molecule has 6 nitrogen and oxygen atoms in total. The van der Waals surface area contributed by atoms with E-state index in [1.807, 2.05) is 6.20 Å². The van der Waals surface area contributed by atoms with Gasteiger partial charge in [0.1, 0.15) is 5.82 Å². The normalized spacial score (nSPS) is 29.8. The molecule has 23 heavy (non-hydrogen) atoms. The summed E-state index contributed by atoms with van der Waals surface area (Å²) in [6.07, 6.45) is 8.46. The molecule has 0 aliphatic carbocycles. The summed E-state index contributed by atoms with van der Waals surface area (Å²) >= 11 is 0. The number of nitrogens with zero attached hydrogens (tertiary/aromatic N) is 4. The second-order valence-corrected chi connectivity index (χ2v) is 7.17. The van der Waals surface area contributed by atoms with Gasteiger partial charge in [-0.05, 0) is 25.8 Å². The second-order valence-electron chi connectivity index (χ2n) is 7.17. The van der Waals surface area contributed by atoms with Crippen LogP contribution in [-0.4, -0.2) is 59.0 Å². The van der Waals surface area contributed by atoms with Crippen LogP contribution in [0.3, 0.4) is 0 Å². The molecule has 3 fully saturated rings. The van der Waals surface area contributed by atoms with Crippen LogP contribution >= 0.6 is 0 Å². The molecule has 1 aromatic heterocycles. The number of aromatic nitrogens is 2. The first-order chi connectivity index (χ1) is 11.2. The number of fused-ring (bicyclic) bond motifs is 2. The van der Waals surface area contributed by atoms with Crippen molar-refractivity contribution in [1.82, 2.24) is 20.2 Å². The van der Waals surface area contributed by atoms with Crippen molar-refractivity contribution in [2.45, 2.75) is 31.7 Å². The smallest absolute Gasteiger partial charge is 0.225 e. The number of carbonyl (C=O) groups excluding carboxylic acids is 1. The zero-order valence-electron chi connectivity index (χ0n) is 13.7.